The van der Waals surface area contributed by atoms with Crippen LogP contribution < -0.4 is 5.32 Å². The molecule has 3 aliphatic rings. The molecule has 0 aromatic carbocycles. The Labute approximate surface area is 131 Å². The van der Waals surface area contributed by atoms with E-state index in [0.717, 1.165) is 39.0 Å². The molecule has 7 heteroatoms. The van der Waals surface area contributed by atoms with Gasteiger partial charge in [-0.1, -0.05) is 0 Å². The SMILES string of the molecule is COC(=O)C1CC2[NH2+]CN(C)C2CN1CC1CCC(CO)O1. The molecule has 0 amide bonds. The molecule has 5 atom stereocenters. The second kappa shape index (κ2) is 6.80. The molecule has 3 aliphatic heterocycles. The lowest BCUT2D eigenvalue weighted by molar-refractivity contribution is -0.678. The Morgan fingerprint density at radius 3 is 2.86 bits per heavy atom. The summed E-state index contributed by atoms with van der Waals surface area (Å²) in [7, 11) is 3.61. The fourth-order valence-corrected chi connectivity index (χ4v) is 4.12. The Morgan fingerprint density at radius 2 is 2.18 bits per heavy atom. The van der Waals surface area contributed by atoms with Gasteiger partial charge < -0.3 is 19.9 Å². The third kappa shape index (κ3) is 3.14. The maximum absolute atomic E-state index is 12.2. The second-order valence-electron chi connectivity index (χ2n) is 6.78. The number of hydrogen-bond acceptors (Lipinski definition) is 6. The molecule has 0 aromatic heterocycles. The quantitative estimate of drug-likeness (QED) is 0.583. The number of ether oxygens (including phenoxy) is 2. The summed E-state index contributed by atoms with van der Waals surface area (Å²) in [4.78, 5) is 16.8. The van der Waals surface area contributed by atoms with E-state index in [1.807, 2.05) is 0 Å². The van der Waals surface area contributed by atoms with E-state index in [2.05, 4.69) is 22.2 Å². The number of nitrogens with zero attached hydrogens (tertiary/aromatic N) is 2. The molecule has 126 valence electrons. The topological polar surface area (TPSA) is 78.9 Å². The van der Waals surface area contributed by atoms with Crippen molar-refractivity contribution < 1.29 is 24.7 Å². The number of methoxy groups -OCH3 is 1. The summed E-state index contributed by atoms with van der Waals surface area (Å²) in [6, 6.07) is 0.779. The number of rotatable bonds is 4. The zero-order valence-corrected chi connectivity index (χ0v) is 13.5. The summed E-state index contributed by atoms with van der Waals surface area (Å²) in [5.74, 6) is -0.141. The number of fused-ring (bicyclic) bond motifs is 1. The number of likely N-dealkylation sites (N-methyl/N-ethyl adjacent to an activating group) is 1. The van der Waals surface area contributed by atoms with Crippen molar-refractivity contribution in [2.45, 2.75) is 49.6 Å². The molecule has 7 nitrogen and oxygen atoms in total. The Bertz CT molecular complexity index is 408. The fourth-order valence-electron chi connectivity index (χ4n) is 4.12. The van der Waals surface area contributed by atoms with Crippen LogP contribution >= 0.6 is 0 Å². The Morgan fingerprint density at radius 1 is 1.41 bits per heavy atom. The first-order valence-electron chi connectivity index (χ1n) is 8.24. The highest BCUT2D eigenvalue weighted by Gasteiger charge is 2.47. The van der Waals surface area contributed by atoms with Crippen molar-refractivity contribution in [2.24, 2.45) is 0 Å². The van der Waals surface area contributed by atoms with E-state index in [-0.39, 0.29) is 30.8 Å². The monoisotopic (exact) mass is 314 g/mol. The van der Waals surface area contributed by atoms with Crippen LogP contribution in [0.4, 0.5) is 0 Å². The highest BCUT2D eigenvalue weighted by molar-refractivity contribution is 5.75. The maximum atomic E-state index is 12.2. The molecule has 0 spiro atoms. The van der Waals surface area contributed by atoms with Crippen LogP contribution in [0.25, 0.3) is 0 Å². The van der Waals surface area contributed by atoms with E-state index in [1.54, 1.807) is 0 Å². The second-order valence-corrected chi connectivity index (χ2v) is 6.78. The summed E-state index contributed by atoms with van der Waals surface area (Å²) in [6.07, 6.45) is 2.75. The van der Waals surface area contributed by atoms with Crippen molar-refractivity contribution in [1.29, 1.82) is 0 Å². The van der Waals surface area contributed by atoms with E-state index in [9.17, 15) is 9.90 Å². The van der Waals surface area contributed by atoms with Crippen molar-refractivity contribution in [3.05, 3.63) is 0 Å². The summed E-state index contributed by atoms with van der Waals surface area (Å²) >= 11 is 0. The van der Waals surface area contributed by atoms with Gasteiger partial charge in [-0.15, -0.1) is 0 Å². The van der Waals surface area contributed by atoms with Gasteiger partial charge in [0.05, 0.1) is 32.0 Å². The molecule has 0 saturated carbocycles. The first-order valence-corrected chi connectivity index (χ1v) is 8.24. The molecule has 3 heterocycles. The zero-order chi connectivity index (χ0) is 15.7. The fraction of sp³-hybridized carbons (Fsp3) is 0.933. The van der Waals surface area contributed by atoms with Gasteiger partial charge in [-0.05, 0) is 19.9 Å². The maximum Gasteiger partial charge on any atom is 0.323 e. The van der Waals surface area contributed by atoms with Crippen LogP contribution in [0.1, 0.15) is 19.3 Å². The van der Waals surface area contributed by atoms with E-state index in [0.29, 0.717) is 12.1 Å². The van der Waals surface area contributed by atoms with Crippen molar-refractivity contribution >= 4 is 5.97 Å². The van der Waals surface area contributed by atoms with Crippen molar-refractivity contribution in [1.82, 2.24) is 9.80 Å². The molecule has 0 bridgehead atoms. The van der Waals surface area contributed by atoms with E-state index >= 15 is 0 Å². The summed E-state index contributed by atoms with van der Waals surface area (Å²) < 4.78 is 10.9. The normalized spacial score (nSPS) is 39.9. The van der Waals surface area contributed by atoms with Gasteiger partial charge in [-0.25, -0.2) is 4.90 Å². The predicted molar refractivity (Wildman–Crippen MR) is 79.1 cm³/mol. The number of aliphatic hydroxyl groups is 1. The molecule has 5 unspecified atom stereocenters. The number of piperidine rings is 1. The molecular weight excluding hydrogens is 286 g/mol. The number of esters is 1. The summed E-state index contributed by atoms with van der Waals surface area (Å²) in [6.45, 7) is 2.69. The van der Waals surface area contributed by atoms with Gasteiger partial charge in [0.2, 0.25) is 0 Å². The summed E-state index contributed by atoms with van der Waals surface area (Å²) in [5.41, 5.74) is 0. The minimum Gasteiger partial charge on any atom is -0.468 e. The Balaban J connectivity index is 1.66. The predicted octanol–water partition coefficient (Wildman–Crippen LogP) is -2.02. The molecule has 0 radical (unpaired) electrons. The van der Waals surface area contributed by atoms with Crippen LogP contribution in [0.2, 0.25) is 0 Å². The van der Waals surface area contributed by atoms with Crippen LogP contribution in [0.3, 0.4) is 0 Å². The number of nitrogens with two attached hydrogens (primary N) is 1. The molecule has 3 rings (SSSR count). The molecule has 0 aromatic rings. The van der Waals surface area contributed by atoms with Gasteiger partial charge in [-0.2, -0.15) is 0 Å². The lowest BCUT2D eigenvalue weighted by atomic mass is 9.93. The number of carbonyl (C=O) groups excluding carboxylic acids is 1. The molecule has 3 fully saturated rings. The average molecular weight is 314 g/mol. The Kier molecular flexibility index (Phi) is 4.99. The number of quaternary nitrogens is 1. The minimum atomic E-state index is -0.175. The van der Waals surface area contributed by atoms with Gasteiger partial charge in [0, 0.05) is 19.5 Å². The lowest BCUT2D eigenvalue weighted by Crippen LogP contribution is -2.89. The highest BCUT2D eigenvalue weighted by Crippen LogP contribution is 2.26. The third-order valence-corrected chi connectivity index (χ3v) is 5.42. The zero-order valence-electron chi connectivity index (χ0n) is 13.5. The minimum absolute atomic E-state index is 0.0402. The van der Waals surface area contributed by atoms with E-state index in [4.69, 9.17) is 9.47 Å². The van der Waals surface area contributed by atoms with Gasteiger partial charge in [0.1, 0.15) is 18.8 Å². The van der Waals surface area contributed by atoms with Crippen LogP contribution in [0.5, 0.6) is 0 Å². The van der Waals surface area contributed by atoms with E-state index in [1.165, 1.54) is 7.11 Å². The average Bonchev–Trinajstić information content (AvgIpc) is 3.13. The van der Waals surface area contributed by atoms with Crippen LogP contribution in [-0.4, -0.2) is 91.7 Å². The van der Waals surface area contributed by atoms with Gasteiger partial charge in [0.15, 0.2) is 0 Å². The molecule has 3 saturated heterocycles. The number of aliphatic hydroxyl groups excluding tert-OH is 1. The largest absolute Gasteiger partial charge is 0.468 e. The standard InChI is InChI=1S/C15H27N3O4/c1-17-9-16-12-5-13(15(20)21-2)18(7-14(12)17)6-10-3-4-11(8-19)22-10/h10-14,16,19H,3-9H2,1-2H3/p+1. The van der Waals surface area contributed by atoms with Crippen molar-refractivity contribution in [3.63, 3.8) is 0 Å². The first kappa shape index (κ1) is 16.1. The lowest BCUT2D eigenvalue weighted by Gasteiger charge is -2.40. The number of hydrogen-bond donors (Lipinski definition) is 2. The number of likely N-dealkylation sites (tertiary alicyclic amines) is 1. The molecule has 3 N–H and O–H groups in total. The van der Waals surface area contributed by atoms with Gasteiger partial charge >= 0.3 is 5.97 Å². The van der Waals surface area contributed by atoms with Gasteiger partial charge in [-0.3, -0.25) is 9.69 Å². The number of carbonyl (C=O) groups is 1. The molecule has 0 aliphatic carbocycles. The van der Waals surface area contributed by atoms with Gasteiger partial charge in [0.25, 0.3) is 0 Å². The molecular formula is C15H28N3O4+. The summed E-state index contributed by atoms with van der Waals surface area (Å²) in [5, 5.41) is 11.5. The molecule has 22 heavy (non-hydrogen) atoms. The Hall–Kier alpha value is -0.730. The first-order chi connectivity index (χ1) is 10.6. The van der Waals surface area contributed by atoms with Crippen LogP contribution in [-0.2, 0) is 14.3 Å². The highest BCUT2D eigenvalue weighted by atomic mass is 16.5. The van der Waals surface area contributed by atoms with Crippen molar-refractivity contribution in [3.8, 4) is 0 Å². The smallest absolute Gasteiger partial charge is 0.323 e. The van der Waals surface area contributed by atoms with Crippen LogP contribution in [0, 0.1) is 0 Å². The van der Waals surface area contributed by atoms with Crippen molar-refractivity contribution in [2.75, 3.05) is 40.5 Å². The van der Waals surface area contributed by atoms with E-state index < -0.39 is 0 Å². The third-order valence-electron chi connectivity index (χ3n) is 5.42. The van der Waals surface area contributed by atoms with Crippen LogP contribution in [0.15, 0.2) is 0 Å².